The molecule has 2 fully saturated rings. The number of unbranched alkanes of at least 4 members (excludes halogenated alkanes) is 2. The van der Waals surface area contributed by atoms with E-state index in [9.17, 15) is 18.0 Å². The second kappa shape index (κ2) is 8.38. The largest absolute Gasteiger partial charge is 0.339 e. The van der Waals surface area contributed by atoms with Crippen LogP contribution in [0.2, 0.25) is 0 Å². The average Bonchev–Trinajstić information content (AvgIpc) is 3.12. The molecule has 0 aromatic carbocycles. The number of nitrogens with zero attached hydrogens (tertiary/aromatic N) is 1. The molecule has 0 aromatic rings. The third-order valence-electron chi connectivity index (χ3n) is 5.61. The summed E-state index contributed by atoms with van der Waals surface area (Å²) in [6.45, 7) is 4.05. The summed E-state index contributed by atoms with van der Waals surface area (Å²) >= 11 is 0. The summed E-state index contributed by atoms with van der Waals surface area (Å²) < 4.78 is 24.3. The van der Waals surface area contributed by atoms with Gasteiger partial charge in [-0.15, -0.1) is 0 Å². The highest BCUT2D eigenvalue weighted by Crippen LogP contribution is 2.49. The number of carbonyl (C=O) groups is 2. The molecule has 0 unspecified atom stereocenters. The second-order valence-electron chi connectivity index (χ2n) is 7.57. The fourth-order valence-electron chi connectivity index (χ4n) is 4.34. The minimum absolute atomic E-state index is 0.0186. The summed E-state index contributed by atoms with van der Waals surface area (Å²) in [7, 11) is -3.70. The zero-order valence-corrected chi connectivity index (χ0v) is 16.3. The molecule has 0 aromatic heterocycles. The lowest BCUT2D eigenvalue weighted by atomic mass is 9.84. The average molecular weight is 374 g/mol. The number of amides is 4. The third-order valence-corrected chi connectivity index (χ3v) is 6.75. The van der Waals surface area contributed by atoms with E-state index >= 15 is 0 Å². The van der Waals surface area contributed by atoms with Crippen molar-refractivity contribution < 1.29 is 18.0 Å². The van der Waals surface area contributed by atoms with E-state index in [0.717, 1.165) is 35.7 Å². The van der Waals surface area contributed by atoms with Crippen LogP contribution in [0.1, 0.15) is 58.8 Å². The number of rotatable bonds is 7. The lowest BCUT2D eigenvalue weighted by molar-refractivity contribution is 0.207. The summed E-state index contributed by atoms with van der Waals surface area (Å²) in [4.78, 5) is 24.3. The van der Waals surface area contributed by atoms with Crippen molar-refractivity contribution in [3.8, 4) is 0 Å². The summed E-state index contributed by atoms with van der Waals surface area (Å²) in [6, 6.07) is -1.52. The zero-order valence-electron chi connectivity index (χ0n) is 15.5. The molecule has 2 rings (SSSR count). The molecule has 0 aliphatic heterocycles. The van der Waals surface area contributed by atoms with E-state index in [1.807, 2.05) is 13.8 Å². The summed E-state index contributed by atoms with van der Waals surface area (Å²) in [5.74, 6) is 1.90. The molecule has 2 N–H and O–H groups in total. The fourth-order valence-corrected chi connectivity index (χ4v) is 5.15. The van der Waals surface area contributed by atoms with Gasteiger partial charge in [0.25, 0.3) is 0 Å². The Morgan fingerprint density at radius 2 is 1.92 bits per heavy atom. The van der Waals surface area contributed by atoms with Crippen molar-refractivity contribution in [1.29, 1.82) is 0 Å². The number of sulfonamides is 1. The Morgan fingerprint density at radius 3 is 2.44 bits per heavy atom. The molecule has 144 valence electrons. The van der Waals surface area contributed by atoms with Crippen molar-refractivity contribution in [3.05, 3.63) is 0 Å². The minimum Gasteiger partial charge on any atom is -0.335 e. The van der Waals surface area contributed by atoms with Gasteiger partial charge in [-0.1, -0.05) is 26.2 Å². The van der Waals surface area contributed by atoms with Crippen LogP contribution in [0, 0.1) is 17.8 Å². The van der Waals surface area contributed by atoms with Crippen LogP contribution in [-0.4, -0.2) is 43.6 Å². The van der Waals surface area contributed by atoms with Crippen LogP contribution in [0.4, 0.5) is 9.59 Å². The van der Waals surface area contributed by atoms with Crippen molar-refractivity contribution >= 4 is 22.1 Å². The predicted molar refractivity (Wildman–Crippen MR) is 96.5 cm³/mol. The lowest BCUT2D eigenvalue weighted by Crippen LogP contribution is -2.52. The summed E-state index contributed by atoms with van der Waals surface area (Å²) in [5.41, 5.74) is 0. The first-order chi connectivity index (χ1) is 11.7. The molecular weight excluding hydrogens is 342 g/mol. The van der Waals surface area contributed by atoms with Crippen molar-refractivity contribution in [3.63, 3.8) is 0 Å². The smallest absolute Gasteiger partial charge is 0.335 e. The summed E-state index contributed by atoms with van der Waals surface area (Å²) in [6.07, 6.45) is 8.20. The van der Waals surface area contributed by atoms with Crippen molar-refractivity contribution in [2.45, 2.75) is 64.8 Å². The molecule has 2 bridgehead atoms. The van der Waals surface area contributed by atoms with Crippen LogP contribution in [0.15, 0.2) is 0 Å². The van der Waals surface area contributed by atoms with Gasteiger partial charge < -0.3 is 5.32 Å². The van der Waals surface area contributed by atoms with Gasteiger partial charge in [-0.25, -0.2) is 22.3 Å². The molecule has 2 aliphatic carbocycles. The molecular formula is C17H31N3O4S. The Hall–Kier alpha value is -1.31. The van der Waals surface area contributed by atoms with Crippen LogP contribution in [0.3, 0.4) is 0 Å². The Labute approximate surface area is 151 Å². The van der Waals surface area contributed by atoms with Crippen LogP contribution in [-0.2, 0) is 10.0 Å². The lowest BCUT2D eigenvalue weighted by Gasteiger charge is -2.28. The van der Waals surface area contributed by atoms with Crippen LogP contribution in [0.25, 0.3) is 0 Å². The van der Waals surface area contributed by atoms with Gasteiger partial charge in [-0.05, 0) is 50.4 Å². The first-order valence-electron chi connectivity index (χ1n) is 9.31. The molecule has 4 amide bonds. The molecule has 2 aliphatic rings. The van der Waals surface area contributed by atoms with E-state index in [1.54, 1.807) is 0 Å². The first kappa shape index (κ1) is 20.0. The topological polar surface area (TPSA) is 95.6 Å². The molecule has 0 saturated heterocycles. The van der Waals surface area contributed by atoms with E-state index in [4.69, 9.17) is 0 Å². The minimum atomic E-state index is -3.70. The van der Waals surface area contributed by atoms with E-state index in [-0.39, 0.29) is 12.6 Å². The van der Waals surface area contributed by atoms with Gasteiger partial charge in [-0.2, -0.15) is 0 Å². The van der Waals surface area contributed by atoms with Crippen LogP contribution >= 0.6 is 0 Å². The number of urea groups is 2. The third kappa shape index (κ3) is 5.33. The first-order valence-corrected chi connectivity index (χ1v) is 11.2. The molecule has 4 atom stereocenters. The van der Waals surface area contributed by atoms with E-state index in [0.29, 0.717) is 18.3 Å². The van der Waals surface area contributed by atoms with Gasteiger partial charge in [0.1, 0.15) is 0 Å². The monoisotopic (exact) mass is 373 g/mol. The Morgan fingerprint density at radius 1 is 1.20 bits per heavy atom. The number of imide groups is 1. The molecule has 0 spiro atoms. The molecule has 0 radical (unpaired) electrons. The van der Waals surface area contributed by atoms with Crippen LogP contribution < -0.4 is 10.6 Å². The summed E-state index contributed by atoms with van der Waals surface area (Å²) in [5, 5.41) is 4.99. The molecule has 8 heteroatoms. The van der Waals surface area contributed by atoms with Gasteiger partial charge in [0.15, 0.2) is 0 Å². The van der Waals surface area contributed by atoms with Crippen molar-refractivity contribution in [1.82, 2.24) is 14.9 Å². The second-order valence-corrected chi connectivity index (χ2v) is 9.48. The van der Waals surface area contributed by atoms with Crippen LogP contribution in [0.5, 0.6) is 0 Å². The molecule has 0 heterocycles. The molecule has 2 saturated carbocycles. The fraction of sp³-hybridized carbons (Fsp3) is 0.882. The standard InChI is InChI=1S/C17H31N3O4S/c1-4-5-6-9-20(25(3,23)24)17(22)19-16(21)18-12(2)15-11-13-7-8-14(15)10-13/h12-15H,4-11H2,1-3H3,(H2,18,19,21,22)/t12-,13+,14-,15-/m0/s1. The highest BCUT2D eigenvalue weighted by atomic mass is 32.2. The van der Waals surface area contributed by atoms with E-state index < -0.39 is 22.1 Å². The normalized spacial score (nSPS) is 26.3. The Kier molecular flexibility index (Phi) is 6.71. The number of hydrogen-bond donors (Lipinski definition) is 2. The molecule has 7 nitrogen and oxygen atoms in total. The number of hydrogen-bond acceptors (Lipinski definition) is 4. The number of carbonyl (C=O) groups excluding carboxylic acids is 2. The number of nitrogens with one attached hydrogen (secondary N) is 2. The van der Waals surface area contributed by atoms with E-state index in [2.05, 4.69) is 10.6 Å². The maximum Gasteiger partial charge on any atom is 0.339 e. The van der Waals surface area contributed by atoms with Gasteiger partial charge in [0, 0.05) is 12.6 Å². The van der Waals surface area contributed by atoms with Gasteiger partial charge >= 0.3 is 12.1 Å². The number of fused-ring (bicyclic) bond motifs is 2. The molecule has 25 heavy (non-hydrogen) atoms. The van der Waals surface area contributed by atoms with Gasteiger partial charge in [-0.3, -0.25) is 5.32 Å². The maximum atomic E-state index is 12.2. The highest BCUT2D eigenvalue weighted by molar-refractivity contribution is 7.88. The van der Waals surface area contributed by atoms with Crippen molar-refractivity contribution in [2.75, 3.05) is 12.8 Å². The van der Waals surface area contributed by atoms with Gasteiger partial charge in [0.2, 0.25) is 10.0 Å². The SMILES string of the molecule is CCCCCN(C(=O)NC(=O)N[C@@H](C)[C@@H]1C[C@@H]2CC[C@H]1C2)S(C)(=O)=O. The van der Waals surface area contributed by atoms with Gasteiger partial charge in [0.05, 0.1) is 6.26 Å². The highest BCUT2D eigenvalue weighted by Gasteiger charge is 2.42. The van der Waals surface area contributed by atoms with Crippen molar-refractivity contribution in [2.24, 2.45) is 17.8 Å². The van der Waals surface area contributed by atoms with E-state index in [1.165, 1.54) is 19.3 Å². The Balaban J connectivity index is 1.85. The maximum absolute atomic E-state index is 12.2. The zero-order chi connectivity index (χ0) is 18.6. The Bertz CT molecular complexity index is 593. The predicted octanol–water partition coefficient (Wildman–Crippen LogP) is 2.68. The quantitative estimate of drug-likeness (QED) is 0.671.